The van der Waals surface area contributed by atoms with E-state index in [0.717, 1.165) is 16.5 Å². The minimum Gasteiger partial charge on any atom is -0.295 e. The molecule has 1 saturated heterocycles. The van der Waals surface area contributed by atoms with Crippen LogP contribution in [-0.4, -0.2) is 23.8 Å². The number of hydrogen-bond acceptors (Lipinski definition) is 4. The van der Waals surface area contributed by atoms with E-state index in [-0.39, 0.29) is 18.2 Å². The molecular weight excluding hydrogens is 300 g/mol. The predicted molar refractivity (Wildman–Crippen MR) is 84.2 cm³/mol. The zero-order valence-corrected chi connectivity index (χ0v) is 12.4. The van der Waals surface area contributed by atoms with E-state index in [1.807, 2.05) is 24.3 Å². The Morgan fingerprint density at radius 1 is 1.18 bits per heavy atom. The molecule has 0 spiro atoms. The minimum absolute atomic E-state index is 0.211. The molecule has 4 rings (SSSR count). The van der Waals surface area contributed by atoms with Crippen LogP contribution in [0.1, 0.15) is 23.2 Å². The maximum atomic E-state index is 12.8. The fourth-order valence-electron chi connectivity index (χ4n) is 3.24. The number of thiol groups is 1. The van der Waals surface area contributed by atoms with E-state index in [9.17, 15) is 14.4 Å². The summed E-state index contributed by atoms with van der Waals surface area (Å²) in [5, 5.41) is 4.07. The van der Waals surface area contributed by atoms with Crippen LogP contribution in [0.5, 0.6) is 0 Å². The molecule has 5 nitrogen and oxygen atoms in total. The molecular formula is C16H12N2O3S. The molecule has 1 N–H and O–H groups in total. The normalized spacial score (nSPS) is 20.7. The summed E-state index contributed by atoms with van der Waals surface area (Å²) in [4.78, 5) is 38.5. The molecule has 2 aliphatic heterocycles. The average Bonchev–Trinajstić information content (AvgIpc) is 2.74. The SMILES string of the molecule is O=C1CCC(N2C(=O)c3cc(S)cc4cccc2c34)C(=O)N1. The molecule has 22 heavy (non-hydrogen) atoms. The fourth-order valence-corrected chi connectivity index (χ4v) is 3.51. The first kappa shape index (κ1) is 13.3. The number of rotatable bonds is 1. The Balaban J connectivity index is 1.88. The summed E-state index contributed by atoms with van der Waals surface area (Å²) in [5.74, 6) is -0.918. The molecule has 1 atom stereocenters. The third kappa shape index (κ3) is 1.77. The van der Waals surface area contributed by atoms with Gasteiger partial charge < -0.3 is 0 Å². The van der Waals surface area contributed by atoms with E-state index in [0.29, 0.717) is 16.9 Å². The number of amides is 3. The van der Waals surface area contributed by atoms with Crippen LogP contribution in [-0.2, 0) is 9.59 Å². The third-order valence-corrected chi connectivity index (χ3v) is 4.43. The zero-order valence-electron chi connectivity index (χ0n) is 11.5. The minimum atomic E-state index is -0.647. The molecule has 0 radical (unpaired) electrons. The van der Waals surface area contributed by atoms with Gasteiger partial charge in [0.15, 0.2) is 0 Å². The van der Waals surface area contributed by atoms with Gasteiger partial charge in [0.05, 0.1) is 11.3 Å². The van der Waals surface area contributed by atoms with Gasteiger partial charge in [-0.25, -0.2) is 0 Å². The summed E-state index contributed by atoms with van der Waals surface area (Å²) < 4.78 is 0. The number of carbonyl (C=O) groups is 3. The molecule has 0 aromatic heterocycles. The van der Waals surface area contributed by atoms with Gasteiger partial charge in [-0.1, -0.05) is 12.1 Å². The molecule has 110 valence electrons. The van der Waals surface area contributed by atoms with Crippen molar-refractivity contribution in [3.05, 3.63) is 35.9 Å². The molecule has 6 heteroatoms. The lowest BCUT2D eigenvalue weighted by molar-refractivity contribution is -0.134. The number of nitrogens with zero attached hydrogens (tertiary/aromatic N) is 1. The maximum absolute atomic E-state index is 12.8. The topological polar surface area (TPSA) is 66.5 Å². The Labute approximate surface area is 131 Å². The summed E-state index contributed by atoms with van der Waals surface area (Å²) in [7, 11) is 0. The van der Waals surface area contributed by atoms with E-state index < -0.39 is 11.9 Å². The maximum Gasteiger partial charge on any atom is 0.259 e. The largest absolute Gasteiger partial charge is 0.295 e. The van der Waals surface area contributed by atoms with Crippen molar-refractivity contribution in [2.75, 3.05) is 4.90 Å². The number of nitrogens with one attached hydrogen (secondary N) is 1. The second kappa shape index (κ2) is 4.58. The molecule has 2 aromatic carbocycles. The van der Waals surface area contributed by atoms with Gasteiger partial charge in [-0.2, -0.15) is 0 Å². The Bertz CT molecular complexity index is 862. The molecule has 0 saturated carbocycles. The standard InChI is InChI=1S/C16H12N2O3S/c19-13-5-4-12(15(20)17-13)18-11-3-1-2-8-6-9(22)7-10(14(8)11)16(18)21/h1-3,6-7,12,22H,4-5H2,(H,17,19,20). The average molecular weight is 312 g/mol. The first-order chi connectivity index (χ1) is 10.6. The summed E-state index contributed by atoms with van der Waals surface area (Å²) in [5.41, 5.74) is 1.28. The van der Waals surface area contributed by atoms with Gasteiger partial charge in [-0.3, -0.25) is 24.6 Å². The fraction of sp³-hybridized carbons (Fsp3) is 0.188. The van der Waals surface area contributed by atoms with E-state index in [1.165, 1.54) is 4.90 Å². The van der Waals surface area contributed by atoms with Crippen molar-refractivity contribution in [3.63, 3.8) is 0 Å². The molecule has 1 fully saturated rings. The second-order valence-corrected chi connectivity index (χ2v) is 6.03. The van der Waals surface area contributed by atoms with Crippen LogP contribution in [0.2, 0.25) is 0 Å². The molecule has 3 amide bonds. The number of benzene rings is 2. The van der Waals surface area contributed by atoms with Crippen LogP contribution in [0.3, 0.4) is 0 Å². The number of anilines is 1. The molecule has 2 aromatic rings. The van der Waals surface area contributed by atoms with Gasteiger partial charge in [-0.15, -0.1) is 12.6 Å². The highest BCUT2D eigenvalue weighted by Crippen LogP contribution is 2.40. The van der Waals surface area contributed by atoms with Crippen molar-refractivity contribution in [3.8, 4) is 0 Å². The van der Waals surface area contributed by atoms with Crippen LogP contribution < -0.4 is 10.2 Å². The monoisotopic (exact) mass is 312 g/mol. The summed E-state index contributed by atoms with van der Waals surface area (Å²) in [6, 6.07) is 8.58. The first-order valence-corrected chi connectivity index (χ1v) is 7.44. The van der Waals surface area contributed by atoms with Crippen molar-refractivity contribution in [1.82, 2.24) is 5.32 Å². The Morgan fingerprint density at radius 3 is 2.77 bits per heavy atom. The third-order valence-electron chi connectivity index (χ3n) is 4.17. The van der Waals surface area contributed by atoms with Crippen LogP contribution in [0, 0.1) is 0 Å². The Hall–Kier alpha value is -2.34. The van der Waals surface area contributed by atoms with E-state index in [2.05, 4.69) is 17.9 Å². The zero-order chi connectivity index (χ0) is 15.4. The predicted octanol–water partition coefficient (Wildman–Crippen LogP) is 1.89. The number of carbonyl (C=O) groups excluding carboxylic acids is 3. The number of imide groups is 1. The van der Waals surface area contributed by atoms with Crippen LogP contribution in [0.4, 0.5) is 5.69 Å². The summed E-state index contributed by atoms with van der Waals surface area (Å²) in [6.07, 6.45) is 0.582. The number of piperidine rings is 1. The van der Waals surface area contributed by atoms with Crippen molar-refractivity contribution >= 4 is 46.8 Å². The summed E-state index contributed by atoms with van der Waals surface area (Å²) >= 11 is 4.34. The Morgan fingerprint density at radius 2 is 2.00 bits per heavy atom. The van der Waals surface area contributed by atoms with Crippen molar-refractivity contribution in [2.24, 2.45) is 0 Å². The highest BCUT2D eigenvalue weighted by atomic mass is 32.1. The van der Waals surface area contributed by atoms with Gasteiger partial charge in [0.25, 0.3) is 5.91 Å². The molecule has 0 bridgehead atoms. The Kier molecular flexibility index (Phi) is 2.77. The quantitative estimate of drug-likeness (QED) is 0.624. The first-order valence-electron chi connectivity index (χ1n) is 6.99. The molecule has 1 unspecified atom stereocenters. The lowest BCUT2D eigenvalue weighted by atomic mass is 10.0. The van der Waals surface area contributed by atoms with Crippen LogP contribution >= 0.6 is 12.6 Å². The van der Waals surface area contributed by atoms with Gasteiger partial charge in [0.2, 0.25) is 11.8 Å². The highest BCUT2D eigenvalue weighted by Gasteiger charge is 2.40. The van der Waals surface area contributed by atoms with Gasteiger partial charge in [0, 0.05) is 16.7 Å². The lowest BCUT2D eigenvalue weighted by Crippen LogP contribution is -2.53. The summed E-state index contributed by atoms with van der Waals surface area (Å²) in [6.45, 7) is 0. The van der Waals surface area contributed by atoms with Gasteiger partial charge >= 0.3 is 0 Å². The second-order valence-electron chi connectivity index (χ2n) is 5.51. The lowest BCUT2D eigenvalue weighted by Gasteiger charge is -2.30. The molecule has 0 aliphatic carbocycles. The van der Waals surface area contributed by atoms with E-state index >= 15 is 0 Å². The number of hydrogen-bond donors (Lipinski definition) is 2. The van der Waals surface area contributed by atoms with E-state index in [4.69, 9.17) is 0 Å². The van der Waals surface area contributed by atoms with Crippen LogP contribution in [0.25, 0.3) is 10.8 Å². The molecule has 2 heterocycles. The van der Waals surface area contributed by atoms with Gasteiger partial charge in [-0.05, 0) is 30.0 Å². The van der Waals surface area contributed by atoms with E-state index in [1.54, 1.807) is 6.07 Å². The van der Waals surface area contributed by atoms with Crippen molar-refractivity contribution in [2.45, 2.75) is 23.8 Å². The molecule has 2 aliphatic rings. The van der Waals surface area contributed by atoms with Gasteiger partial charge in [0.1, 0.15) is 6.04 Å². The highest BCUT2D eigenvalue weighted by molar-refractivity contribution is 7.80. The van der Waals surface area contributed by atoms with Crippen molar-refractivity contribution < 1.29 is 14.4 Å². The van der Waals surface area contributed by atoms with Crippen molar-refractivity contribution in [1.29, 1.82) is 0 Å². The van der Waals surface area contributed by atoms with Crippen LogP contribution in [0.15, 0.2) is 35.2 Å². The smallest absolute Gasteiger partial charge is 0.259 e.